The lowest BCUT2D eigenvalue weighted by atomic mass is 9.83. The molecule has 0 saturated heterocycles. The van der Waals surface area contributed by atoms with Crippen LogP contribution in [-0.2, 0) is 0 Å². The molecule has 0 spiro atoms. The van der Waals surface area contributed by atoms with Crippen LogP contribution in [0.15, 0.2) is 36.8 Å². The molecule has 20 heavy (non-hydrogen) atoms. The summed E-state index contributed by atoms with van der Waals surface area (Å²) in [6.07, 6.45) is 5.75. The Morgan fingerprint density at radius 3 is 2.85 bits per heavy atom. The number of aliphatic hydroxyl groups excluding tert-OH is 1. The maximum Gasteiger partial charge on any atom is 0.0956 e. The fourth-order valence-electron chi connectivity index (χ4n) is 4.06. The predicted molar refractivity (Wildman–Crippen MR) is 78.3 cm³/mol. The standard InChI is InChI=1S/C17H20N2O/c1-17(2)8-7-13(16(17)20)15-12-6-4-3-5-11(12)14-9-18-10-19(14)15/h3-6,9-10,13,15-16,20H,7-8H2,1-2H3/t13-,15-,16?/m1/s1. The van der Waals surface area contributed by atoms with Crippen LogP contribution in [0.4, 0.5) is 0 Å². The van der Waals surface area contributed by atoms with Gasteiger partial charge in [-0.15, -0.1) is 0 Å². The van der Waals surface area contributed by atoms with Gasteiger partial charge in [0.2, 0.25) is 0 Å². The number of aliphatic hydroxyl groups is 1. The zero-order valence-electron chi connectivity index (χ0n) is 12.0. The second kappa shape index (κ2) is 3.95. The zero-order chi connectivity index (χ0) is 13.9. The van der Waals surface area contributed by atoms with E-state index in [-0.39, 0.29) is 23.5 Å². The van der Waals surface area contributed by atoms with Crippen LogP contribution in [0.25, 0.3) is 11.3 Å². The molecule has 1 N–H and O–H groups in total. The van der Waals surface area contributed by atoms with Gasteiger partial charge in [-0.25, -0.2) is 4.98 Å². The highest BCUT2D eigenvalue weighted by Gasteiger charge is 2.47. The molecule has 2 aliphatic rings. The molecule has 1 aromatic carbocycles. The third-order valence-electron chi connectivity index (χ3n) is 5.25. The van der Waals surface area contributed by atoms with Gasteiger partial charge in [0.1, 0.15) is 0 Å². The topological polar surface area (TPSA) is 38.0 Å². The molecule has 1 unspecified atom stereocenters. The number of rotatable bonds is 1. The van der Waals surface area contributed by atoms with Crippen LogP contribution in [0.3, 0.4) is 0 Å². The minimum atomic E-state index is -0.256. The van der Waals surface area contributed by atoms with Gasteiger partial charge in [-0.2, -0.15) is 0 Å². The molecule has 3 nitrogen and oxygen atoms in total. The van der Waals surface area contributed by atoms with E-state index in [2.05, 4.69) is 47.7 Å². The highest BCUT2D eigenvalue weighted by Crippen LogP contribution is 2.52. The summed E-state index contributed by atoms with van der Waals surface area (Å²) in [5.74, 6) is 0.279. The van der Waals surface area contributed by atoms with Gasteiger partial charge in [0.05, 0.1) is 30.4 Å². The van der Waals surface area contributed by atoms with Crippen molar-refractivity contribution in [3.05, 3.63) is 42.4 Å². The minimum Gasteiger partial charge on any atom is -0.392 e. The Morgan fingerprint density at radius 2 is 2.10 bits per heavy atom. The third-order valence-corrected chi connectivity index (χ3v) is 5.25. The van der Waals surface area contributed by atoms with Crippen molar-refractivity contribution in [2.45, 2.75) is 38.8 Å². The van der Waals surface area contributed by atoms with Crippen molar-refractivity contribution in [1.82, 2.24) is 9.55 Å². The Labute approximate surface area is 119 Å². The monoisotopic (exact) mass is 268 g/mol. The number of aromatic nitrogens is 2. The maximum atomic E-state index is 10.7. The van der Waals surface area contributed by atoms with E-state index in [9.17, 15) is 5.11 Å². The Kier molecular flexibility index (Phi) is 2.40. The lowest BCUT2D eigenvalue weighted by molar-refractivity contribution is 0.0344. The van der Waals surface area contributed by atoms with Gasteiger partial charge in [0, 0.05) is 11.5 Å². The summed E-state index contributed by atoms with van der Waals surface area (Å²) >= 11 is 0. The van der Waals surface area contributed by atoms with Gasteiger partial charge in [0.15, 0.2) is 0 Å². The van der Waals surface area contributed by atoms with Crippen molar-refractivity contribution in [2.24, 2.45) is 11.3 Å². The van der Waals surface area contributed by atoms with Gasteiger partial charge < -0.3 is 9.67 Å². The molecule has 1 saturated carbocycles. The van der Waals surface area contributed by atoms with Gasteiger partial charge in [-0.1, -0.05) is 38.1 Å². The van der Waals surface area contributed by atoms with E-state index in [1.54, 1.807) is 0 Å². The average molecular weight is 268 g/mol. The van der Waals surface area contributed by atoms with Crippen LogP contribution in [0.2, 0.25) is 0 Å². The van der Waals surface area contributed by atoms with E-state index in [0.29, 0.717) is 0 Å². The molecule has 3 atom stereocenters. The highest BCUT2D eigenvalue weighted by atomic mass is 16.3. The first-order chi connectivity index (χ1) is 9.59. The van der Waals surface area contributed by atoms with Crippen molar-refractivity contribution in [2.75, 3.05) is 0 Å². The van der Waals surface area contributed by atoms with Crippen LogP contribution < -0.4 is 0 Å². The van der Waals surface area contributed by atoms with Crippen molar-refractivity contribution in [3.8, 4) is 11.3 Å². The fourth-order valence-corrected chi connectivity index (χ4v) is 4.06. The molecule has 1 fully saturated rings. The summed E-state index contributed by atoms with van der Waals surface area (Å²) in [6, 6.07) is 8.77. The fraction of sp³-hybridized carbons (Fsp3) is 0.471. The third kappa shape index (κ3) is 1.47. The minimum absolute atomic E-state index is 0.0168. The summed E-state index contributed by atoms with van der Waals surface area (Å²) in [5, 5.41) is 10.7. The first-order valence-electron chi connectivity index (χ1n) is 7.39. The molecule has 0 bridgehead atoms. The van der Waals surface area contributed by atoms with E-state index >= 15 is 0 Å². The summed E-state index contributed by atoms with van der Waals surface area (Å²) in [4.78, 5) is 4.31. The normalized spacial score (nSPS) is 30.2. The van der Waals surface area contributed by atoms with Crippen LogP contribution in [0.1, 0.15) is 38.3 Å². The van der Waals surface area contributed by atoms with Crippen LogP contribution in [-0.4, -0.2) is 20.8 Å². The molecule has 2 aromatic rings. The van der Waals surface area contributed by atoms with E-state index < -0.39 is 0 Å². The predicted octanol–water partition coefficient (Wildman–Crippen LogP) is 3.25. The molecular formula is C17H20N2O. The lowest BCUT2D eigenvalue weighted by Crippen LogP contribution is -2.32. The molecule has 1 aliphatic carbocycles. The average Bonchev–Trinajstić information content (AvgIpc) is 3.07. The molecule has 2 heterocycles. The van der Waals surface area contributed by atoms with E-state index in [4.69, 9.17) is 0 Å². The summed E-state index contributed by atoms with van der Waals surface area (Å²) in [6.45, 7) is 4.35. The van der Waals surface area contributed by atoms with Crippen LogP contribution in [0, 0.1) is 11.3 Å². The number of nitrogens with zero attached hydrogens (tertiary/aromatic N) is 2. The molecule has 0 radical (unpaired) electrons. The molecule has 1 aliphatic heterocycles. The highest BCUT2D eigenvalue weighted by molar-refractivity contribution is 5.69. The number of benzene rings is 1. The zero-order valence-corrected chi connectivity index (χ0v) is 12.0. The largest absolute Gasteiger partial charge is 0.392 e. The molecular weight excluding hydrogens is 248 g/mol. The Bertz CT molecular complexity index is 659. The Hall–Kier alpha value is -1.61. The van der Waals surface area contributed by atoms with Crippen LogP contribution >= 0.6 is 0 Å². The number of hydrogen-bond donors (Lipinski definition) is 1. The molecule has 4 rings (SSSR count). The first kappa shape index (κ1) is 12.2. The Balaban J connectivity index is 1.84. The second-order valence-corrected chi connectivity index (χ2v) is 6.85. The number of imidazole rings is 1. The summed E-state index contributed by atoms with van der Waals surface area (Å²) in [5.41, 5.74) is 3.81. The molecule has 0 amide bonds. The molecule has 104 valence electrons. The van der Waals surface area contributed by atoms with E-state index in [0.717, 1.165) is 12.8 Å². The molecule has 3 heteroatoms. The second-order valence-electron chi connectivity index (χ2n) is 6.85. The summed E-state index contributed by atoms with van der Waals surface area (Å²) in [7, 11) is 0. The Morgan fingerprint density at radius 1 is 1.30 bits per heavy atom. The van der Waals surface area contributed by atoms with Gasteiger partial charge in [-0.05, 0) is 23.8 Å². The quantitative estimate of drug-likeness (QED) is 0.862. The van der Waals surface area contributed by atoms with Crippen molar-refractivity contribution >= 4 is 0 Å². The van der Waals surface area contributed by atoms with Gasteiger partial charge in [0.25, 0.3) is 0 Å². The van der Waals surface area contributed by atoms with E-state index in [1.165, 1.54) is 16.8 Å². The van der Waals surface area contributed by atoms with Crippen molar-refractivity contribution in [1.29, 1.82) is 0 Å². The van der Waals surface area contributed by atoms with E-state index in [1.807, 2.05) is 12.5 Å². The lowest BCUT2D eigenvalue weighted by Gasteiger charge is -2.30. The van der Waals surface area contributed by atoms with Crippen molar-refractivity contribution in [3.63, 3.8) is 0 Å². The smallest absolute Gasteiger partial charge is 0.0956 e. The van der Waals surface area contributed by atoms with Gasteiger partial charge in [-0.3, -0.25) is 0 Å². The van der Waals surface area contributed by atoms with Crippen LogP contribution in [0.5, 0.6) is 0 Å². The number of fused-ring (bicyclic) bond motifs is 3. The van der Waals surface area contributed by atoms with Crippen molar-refractivity contribution < 1.29 is 5.11 Å². The first-order valence-corrected chi connectivity index (χ1v) is 7.39. The molecule has 1 aromatic heterocycles. The summed E-state index contributed by atoms with van der Waals surface area (Å²) < 4.78 is 2.25. The number of hydrogen-bond acceptors (Lipinski definition) is 2. The van der Waals surface area contributed by atoms with Gasteiger partial charge >= 0.3 is 0 Å². The maximum absolute atomic E-state index is 10.7. The SMILES string of the molecule is CC1(C)CC[C@H]([C@H]2c3ccccc3-c3cncn32)C1O.